The molecule has 3 rings (SSSR count). The molecule has 1 fully saturated rings. The summed E-state index contributed by atoms with van der Waals surface area (Å²) in [5.41, 5.74) is 2.84. The first-order valence-electron chi connectivity index (χ1n) is 8.35. The summed E-state index contributed by atoms with van der Waals surface area (Å²) in [5, 5.41) is 3.74. The van der Waals surface area contributed by atoms with Crippen molar-refractivity contribution in [3.8, 4) is 5.75 Å². The van der Waals surface area contributed by atoms with Crippen LogP contribution in [0.4, 0.5) is 0 Å². The summed E-state index contributed by atoms with van der Waals surface area (Å²) in [5.74, 6) is 2.13. The molecule has 2 heteroatoms. The second-order valence-electron chi connectivity index (χ2n) is 6.29. The largest absolute Gasteiger partial charge is 0.493 e. The van der Waals surface area contributed by atoms with Crippen molar-refractivity contribution in [1.29, 1.82) is 0 Å². The van der Waals surface area contributed by atoms with Gasteiger partial charge in [-0.05, 0) is 68.5 Å². The number of para-hydroxylation sites is 1. The topological polar surface area (TPSA) is 21.3 Å². The van der Waals surface area contributed by atoms with Gasteiger partial charge in [0.1, 0.15) is 5.75 Å². The van der Waals surface area contributed by atoms with Gasteiger partial charge in [0.25, 0.3) is 0 Å². The van der Waals surface area contributed by atoms with Gasteiger partial charge in [-0.25, -0.2) is 0 Å². The first kappa shape index (κ1) is 13.9. The van der Waals surface area contributed by atoms with Crippen LogP contribution in [0.25, 0.3) is 0 Å². The van der Waals surface area contributed by atoms with Crippen molar-refractivity contribution in [2.75, 3.05) is 13.2 Å². The minimum Gasteiger partial charge on any atom is -0.493 e. The molecule has 1 N–H and O–H groups in total. The Morgan fingerprint density at radius 3 is 3.05 bits per heavy atom. The highest BCUT2D eigenvalue weighted by molar-refractivity contribution is 5.42. The van der Waals surface area contributed by atoms with E-state index in [0.29, 0.717) is 0 Å². The minimum atomic E-state index is 0.717. The Balaban J connectivity index is 1.62. The molecule has 0 saturated heterocycles. The molecule has 1 aliphatic heterocycles. The first-order chi connectivity index (χ1) is 9.88. The van der Waals surface area contributed by atoms with E-state index >= 15 is 0 Å². The third-order valence-electron chi connectivity index (χ3n) is 4.59. The number of rotatable bonds is 7. The molecule has 1 aliphatic carbocycles. The van der Waals surface area contributed by atoms with Gasteiger partial charge in [0.05, 0.1) is 6.61 Å². The second kappa shape index (κ2) is 6.62. The summed E-state index contributed by atoms with van der Waals surface area (Å²) < 4.78 is 5.92. The zero-order valence-corrected chi connectivity index (χ0v) is 12.7. The molecule has 1 aromatic rings. The van der Waals surface area contributed by atoms with Crippen molar-refractivity contribution in [3.05, 3.63) is 29.3 Å². The third-order valence-corrected chi connectivity index (χ3v) is 4.59. The van der Waals surface area contributed by atoms with Crippen LogP contribution in [0.2, 0.25) is 0 Å². The molecule has 2 nitrogen and oxygen atoms in total. The van der Waals surface area contributed by atoms with Crippen LogP contribution in [-0.4, -0.2) is 19.2 Å². The van der Waals surface area contributed by atoms with Crippen LogP contribution in [0, 0.1) is 5.92 Å². The second-order valence-corrected chi connectivity index (χ2v) is 6.29. The number of hydrogen-bond acceptors (Lipinski definition) is 2. The monoisotopic (exact) mass is 273 g/mol. The van der Waals surface area contributed by atoms with Crippen LogP contribution in [0.3, 0.4) is 0 Å². The Hall–Kier alpha value is -1.02. The highest BCUT2D eigenvalue weighted by Crippen LogP contribution is 2.36. The van der Waals surface area contributed by atoms with Crippen LogP contribution < -0.4 is 10.1 Å². The predicted octanol–water partition coefficient (Wildman–Crippen LogP) is 3.72. The number of aryl methyl sites for hydroxylation is 2. The van der Waals surface area contributed by atoms with E-state index in [1.54, 1.807) is 0 Å². The van der Waals surface area contributed by atoms with E-state index in [4.69, 9.17) is 4.74 Å². The van der Waals surface area contributed by atoms with Gasteiger partial charge in [0.2, 0.25) is 0 Å². The smallest absolute Gasteiger partial charge is 0.125 e. The van der Waals surface area contributed by atoms with Gasteiger partial charge in [-0.3, -0.25) is 0 Å². The predicted molar refractivity (Wildman–Crippen MR) is 83.4 cm³/mol. The Morgan fingerprint density at radius 1 is 1.35 bits per heavy atom. The van der Waals surface area contributed by atoms with Crippen molar-refractivity contribution in [1.82, 2.24) is 5.32 Å². The van der Waals surface area contributed by atoms with E-state index < -0.39 is 0 Å². The maximum Gasteiger partial charge on any atom is 0.125 e. The maximum absolute atomic E-state index is 5.92. The van der Waals surface area contributed by atoms with Crippen molar-refractivity contribution in [2.24, 2.45) is 5.92 Å². The molecule has 1 saturated carbocycles. The van der Waals surface area contributed by atoms with E-state index in [9.17, 15) is 0 Å². The molecule has 0 bridgehead atoms. The van der Waals surface area contributed by atoms with Crippen molar-refractivity contribution in [2.45, 2.75) is 57.9 Å². The van der Waals surface area contributed by atoms with E-state index in [1.807, 2.05) is 0 Å². The molecular formula is C18H27NO. The van der Waals surface area contributed by atoms with E-state index in [-0.39, 0.29) is 0 Å². The Kier molecular flexibility index (Phi) is 4.62. The maximum atomic E-state index is 5.92. The Morgan fingerprint density at radius 2 is 2.25 bits per heavy atom. The molecule has 0 radical (unpaired) electrons. The fourth-order valence-corrected chi connectivity index (χ4v) is 3.30. The molecule has 1 heterocycles. The number of hydrogen-bond donors (Lipinski definition) is 1. The third kappa shape index (κ3) is 3.35. The Bertz CT molecular complexity index is 439. The molecule has 20 heavy (non-hydrogen) atoms. The fourth-order valence-electron chi connectivity index (χ4n) is 3.30. The SMILES string of the molecule is CCCNC(CCc1cccc2c1OCCC2)C1CC1. The van der Waals surface area contributed by atoms with Gasteiger partial charge in [-0.2, -0.15) is 0 Å². The summed E-state index contributed by atoms with van der Waals surface area (Å²) in [4.78, 5) is 0. The number of fused-ring (bicyclic) bond motifs is 1. The Labute approximate surface area is 122 Å². The molecule has 0 amide bonds. The van der Waals surface area contributed by atoms with E-state index in [2.05, 4.69) is 30.4 Å². The van der Waals surface area contributed by atoms with Gasteiger partial charge in [0, 0.05) is 6.04 Å². The lowest BCUT2D eigenvalue weighted by Gasteiger charge is -2.22. The lowest BCUT2D eigenvalue weighted by atomic mass is 9.97. The van der Waals surface area contributed by atoms with Gasteiger partial charge in [-0.1, -0.05) is 25.1 Å². The molecule has 0 aromatic heterocycles. The summed E-state index contributed by atoms with van der Waals surface area (Å²) in [6, 6.07) is 7.41. The van der Waals surface area contributed by atoms with E-state index in [0.717, 1.165) is 31.5 Å². The van der Waals surface area contributed by atoms with Crippen LogP contribution >= 0.6 is 0 Å². The van der Waals surface area contributed by atoms with Gasteiger partial charge in [-0.15, -0.1) is 0 Å². The summed E-state index contributed by atoms with van der Waals surface area (Å²) in [7, 11) is 0. The van der Waals surface area contributed by atoms with Crippen LogP contribution in [0.15, 0.2) is 18.2 Å². The summed E-state index contributed by atoms with van der Waals surface area (Å²) in [6.07, 6.45) is 8.83. The van der Waals surface area contributed by atoms with Gasteiger partial charge < -0.3 is 10.1 Å². The van der Waals surface area contributed by atoms with Crippen molar-refractivity contribution >= 4 is 0 Å². The fraction of sp³-hybridized carbons (Fsp3) is 0.667. The average molecular weight is 273 g/mol. The number of ether oxygens (including phenoxy) is 1. The zero-order chi connectivity index (χ0) is 13.8. The average Bonchev–Trinajstić information content (AvgIpc) is 3.32. The highest BCUT2D eigenvalue weighted by atomic mass is 16.5. The highest BCUT2D eigenvalue weighted by Gasteiger charge is 2.30. The molecular weight excluding hydrogens is 246 g/mol. The van der Waals surface area contributed by atoms with Crippen molar-refractivity contribution in [3.63, 3.8) is 0 Å². The molecule has 1 aromatic carbocycles. The van der Waals surface area contributed by atoms with Crippen LogP contribution in [0.5, 0.6) is 5.75 Å². The molecule has 110 valence electrons. The minimum absolute atomic E-state index is 0.717. The van der Waals surface area contributed by atoms with Crippen molar-refractivity contribution < 1.29 is 4.74 Å². The first-order valence-corrected chi connectivity index (χ1v) is 8.35. The lowest BCUT2D eigenvalue weighted by Crippen LogP contribution is -2.32. The normalized spacial score (nSPS) is 19.2. The standard InChI is InChI=1S/C18H27NO/c1-2-12-19-17(14-8-9-14)11-10-16-6-3-5-15-7-4-13-20-18(15)16/h3,5-6,14,17,19H,2,4,7-13H2,1H3. The molecule has 0 spiro atoms. The van der Waals surface area contributed by atoms with Gasteiger partial charge >= 0.3 is 0 Å². The number of benzene rings is 1. The van der Waals surface area contributed by atoms with Crippen LogP contribution in [-0.2, 0) is 12.8 Å². The molecule has 1 unspecified atom stereocenters. The quantitative estimate of drug-likeness (QED) is 0.817. The zero-order valence-electron chi connectivity index (χ0n) is 12.7. The summed E-state index contributed by atoms with van der Waals surface area (Å²) >= 11 is 0. The lowest BCUT2D eigenvalue weighted by molar-refractivity contribution is 0.284. The molecule has 2 aliphatic rings. The number of nitrogens with one attached hydrogen (secondary N) is 1. The van der Waals surface area contributed by atoms with Crippen LogP contribution in [0.1, 0.15) is 50.2 Å². The van der Waals surface area contributed by atoms with Gasteiger partial charge in [0.15, 0.2) is 0 Å². The molecule has 1 atom stereocenters. The van der Waals surface area contributed by atoms with E-state index in [1.165, 1.54) is 55.4 Å². The summed E-state index contributed by atoms with van der Waals surface area (Å²) in [6.45, 7) is 4.30.